The van der Waals surface area contributed by atoms with Crippen LogP contribution in [0.4, 0.5) is 0 Å². The molecule has 0 atom stereocenters. The number of esters is 1. The molecule has 0 bridgehead atoms. The maximum absolute atomic E-state index is 12.5. The number of phenolic OH excluding ortho intramolecular Hbond substituents is 1. The third-order valence-electron chi connectivity index (χ3n) is 5.15. The first-order valence-electron chi connectivity index (χ1n) is 9.41. The molecule has 2 aromatic carbocycles. The maximum Gasteiger partial charge on any atom is 0.340 e. The number of methoxy groups -OCH3 is 1. The molecule has 156 valence electrons. The van der Waals surface area contributed by atoms with Crippen LogP contribution in [-0.4, -0.2) is 25.0 Å². The summed E-state index contributed by atoms with van der Waals surface area (Å²) in [6.07, 6.45) is -0.167. The van der Waals surface area contributed by atoms with E-state index in [2.05, 4.69) is 10.1 Å². The highest BCUT2D eigenvalue weighted by atomic mass is 16.7. The van der Waals surface area contributed by atoms with E-state index in [4.69, 9.17) is 13.9 Å². The summed E-state index contributed by atoms with van der Waals surface area (Å²) in [5.74, 6) is 0.908. The van der Waals surface area contributed by atoms with Crippen molar-refractivity contribution >= 4 is 16.9 Å². The maximum atomic E-state index is 12.5. The predicted molar refractivity (Wildman–Crippen MR) is 108 cm³/mol. The molecule has 2 heterocycles. The van der Waals surface area contributed by atoms with Crippen LogP contribution < -0.4 is 20.4 Å². The molecule has 0 aliphatic carbocycles. The summed E-state index contributed by atoms with van der Waals surface area (Å²) < 4.78 is 20.8. The normalized spacial score (nSPS) is 12.3. The molecule has 8 nitrogen and oxygen atoms in total. The zero-order valence-electron chi connectivity index (χ0n) is 16.6. The van der Waals surface area contributed by atoms with Gasteiger partial charge in [0, 0.05) is 18.5 Å². The molecule has 0 unspecified atom stereocenters. The Kier molecular flexibility index (Phi) is 5.33. The fraction of sp³-hybridized carbons (Fsp3) is 0.273. The lowest BCUT2D eigenvalue weighted by Crippen LogP contribution is -2.17. The molecule has 1 aliphatic rings. The quantitative estimate of drug-likeness (QED) is 0.471. The van der Waals surface area contributed by atoms with Gasteiger partial charge in [0.2, 0.25) is 6.79 Å². The van der Waals surface area contributed by atoms with Gasteiger partial charge in [0.15, 0.2) is 11.5 Å². The van der Waals surface area contributed by atoms with Gasteiger partial charge < -0.3 is 29.1 Å². The first-order chi connectivity index (χ1) is 14.5. The van der Waals surface area contributed by atoms with Gasteiger partial charge in [-0.3, -0.25) is 4.79 Å². The van der Waals surface area contributed by atoms with Crippen molar-refractivity contribution in [3.63, 3.8) is 0 Å². The van der Waals surface area contributed by atoms with Gasteiger partial charge >= 0.3 is 11.6 Å². The van der Waals surface area contributed by atoms with Crippen LogP contribution in [0.5, 0.6) is 17.2 Å². The summed E-state index contributed by atoms with van der Waals surface area (Å²) in [4.78, 5) is 24.1. The van der Waals surface area contributed by atoms with Crippen molar-refractivity contribution in [1.29, 1.82) is 0 Å². The Bertz CT molecular complexity index is 1180. The van der Waals surface area contributed by atoms with Crippen molar-refractivity contribution in [3.05, 3.63) is 63.0 Å². The molecule has 1 aromatic heterocycles. The number of aromatic hydroxyl groups is 1. The van der Waals surface area contributed by atoms with Gasteiger partial charge in [-0.05, 0) is 42.3 Å². The highest BCUT2D eigenvalue weighted by molar-refractivity contribution is 5.87. The molecular weight excluding hydrogens is 390 g/mol. The molecule has 0 amide bonds. The fourth-order valence-electron chi connectivity index (χ4n) is 3.47. The molecule has 1 aliphatic heterocycles. The summed E-state index contributed by atoms with van der Waals surface area (Å²) in [6.45, 7) is 2.75. The Morgan fingerprint density at radius 3 is 2.73 bits per heavy atom. The van der Waals surface area contributed by atoms with Crippen molar-refractivity contribution in [2.45, 2.75) is 26.4 Å². The molecule has 30 heavy (non-hydrogen) atoms. The molecule has 0 saturated heterocycles. The topological polar surface area (TPSA) is 107 Å². The van der Waals surface area contributed by atoms with Crippen LogP contribution in [0.1, 0.15) is 22.3 Å². The Labute approximate surface area is 172 Å². The number of benzene rings is 2. The van der Waals surface area contributed by atoms with E-state index < -0.39 is 11.6 Å². The van der Waals surface area contributed by atoms with Gasteiger partial charge in [-0.2, -0.15) is 0 Å². The van der Waals surface area contributed by atoms with Crippen LogP contribution in [0, 0.1) is 6.92 Å². The molecule has 4 rings (SSSR count). The summed E-state index contributed by atoms with van der Waals surface area (Å²) in [7, 11) is 1.27. The van der Waals surface area contributed by atoms with E-state index in [1.165, 1.54) is 7.11 Å². The molecular formula is C22H21NO7. The second-order valence-electron chi connectivity index (χ2n) is 6.98. The van der Waals surface area contributed by atoms with Gasteiger partial charge in [0.25, 0.3) is 0 Å². The van der Waals surface area contributed by atoms with Crippen molar-refractivity contribution in [1.82, 2.24) is 5.32 Å². The highest BCUT2D eigenvalue weighted by Crippen LogP contribution is 2.33. The Hall–Kier alpha value is -3.52. The van der Waals surface area contributed by atoms with Gasteiger partial charge in [-0.1, -0.05) is 6.07 Å². The van der Waals surface area contributed by atoms with Crippen molar-refractivity contribution in [2.75, 3.05) is 13.9 Å². The predicted octanol–water partition coefficient (Wildman–Crippen LogP) is 2.54. The summed E-state index contributed by atoms with van der Waals surface area (Å²) in [5.41, 5.74) is 2.01. The number of phenols is 1. The number of rotatable bonds is 6. The average molecular weight is 411 g/mol. The lowest BCUT2D eigenvalue weighted by molar-refractivity contribution is -0.139. The number of carbonyl (C=O) groups is 1. The van der Waals surface area contributed by atoms with E-state index in [1.807, 2.05) is 18.2 Å². The number of aryl methyl sites for hydroxylation is 1. The monoisotopic (exact) mass is 411 g/mol. The first-order valence-corrected chi connectivity index (χ1v) is 9.41. The van der Waals surface area contributed by atoms with Crippen molar-refractivity contribution in [3.8, 4) is 17.2 Å². The van der Waals surface area contributed by atoms with E-state index in [0.29, 0.717) is 40.1 Å². The summed E-state index contributed by atoms with van der Waals surface area (Å²) >= 11 is 0. The number of carbonyl (C=O) groups excluding carboxylic acids is 1. The molecule has 0 radical (unpaired) electrons. The standard InChI is InChI=1S/C22H21NO7/c1-12-14-4-5-17(24)16(21(14)30-22(26)15(12)8-20(25)27-2)10-23-9-13-3-6-18-19(7-13)29-11-28-18/h3-7,23-24H,8-11H2,1-2H3. The van der Waals surface area contributed by atoms with Crippen molar-refractivity contribution < 1.29 is 28.5 Å². The molecule has 0 saturated carbocycles. The van der Waals surface area contributed by atoms with E-state index in [1.54, 1.807) is 19.1 Å². The SMILES string of the molecule is COC(=O)Cc1c(C)c2ccc(O)c(CNCc3ccc4c(c3)OCO4)c2oc1=O. The largest absolute Gasteiger partial charge is 0.507 e. The number of hydrogen-bond donors (Lipinski definition) is 2. The lowest BCUT2D eigenvalue weighted by atomic mass is 10.0. The van der Waals surface area contributed by atoms with E-state index in [9.17, 15) is 14.7 Å². The number of hydrogen-bond acceptors (Lipinski definition) is 8. The molecule has 8 heteroatoms. The minimum Gasteiger partial charge on any atom is -0.507 e. The second kappa shape index (κ2) is 8.08. The Morgan fingerprint density at radius 1 is 1.13 bits per heavy atom. The number of ether oxygens (including phenoxy) is 3. The van der Waals surface area contributed by atoms with Gasteiger partial charge in [0.05, 0.1) is 24.7 Å². The third kappa shape index (κ3) is 3.69. The summed E-state index contributed by atoms with van der Waals surface area (Å²) in [6, 6.07) is 8.88. The van der Waals surface area contributed by atoms with E-state index in [0.717, 1.165) is 5.56 Å². The van der Waals surface area contributed by atoms with Crippen molar-refractivity contribution in [2.24, 2.45) is 0 Å². The van der Waals surface area contributed by atoms with Gasteiger partial charge in [-0.15, -0.1) is 0 Å². The van der Waals surface area contributed by atoms with Crippen LogP contribution in [0.2, 0.25) is 0 Å². The lowest BCUT2D eigenvalue weighted by Gasteiger charge is -2.13. The summed E-state index contributed by atoms with van der Waals surface area (Å²) in [5, 5.41) is 14.3. The van der Waals surface area contributed by atoms with E-state index >= 15 is 0 Å². The number of nitrogens with one attached hydrogen (secondary N) is 1. The van der Waals surface area contributed by atoms with Crippen LogP contribution in [0.15, 0.2) is 39.5 Å². The third-order valence-corrected chi connectivity index (χ3v) is 5.15. The minimum atomic E-state index is -0.618. The minimum absolute atomic E-state index is 0.0176. The second-order valence-corrected chi connectivity index (χ2v) is 6.98. The molecule has 2 N–H and O–H groups in total. The van der Waals surface area contributed by atoms with Gasteiger partial charge in [-0.25, -0.2) is 4.79 Å². The van der Waals surface area contributed by atoms with Crippen LogP contribution in [-0.2, 0) is 29.0 Å². The highest BCUT2D eigenvalue weighted by Gasteiger charge is 2.19. The zero-order valence-corrected chi connectivity index (χ0v) is 16.6. The van der Waals surface area contributed by atoms with Crippen LogP contribution in [0.3, 0.4) is 0 Å². The average Bonchev–Trinajstić information content (AvgIpc) is 3.20. The number of fused-ring (bicyclic) bond motifs is 2. The molecule has 0 spiro atoms. The first kappa shape index (κ1) is 19.8. The fourth-order valence-corrected chi connectivity index (χ4v) is 3.47. The van der Waals surface area contributed by atoms with Gasteiger partial charge in [0.1, 0.15) is 11.3 Å². The molecule has 3 aromatic rings. The van der Waals surface area contributed by atoms with Crippen LogP contribution in [0.25, 0.3) is 11.0 Å². The Balaban J connectivity index is 1.59. The van der Waals surface area contributed by atoms with Crippen LogP contribution >= 0.6 is 0 Å². The smallest absolute Gasteiger partial charge is 0.340 e. The zero-order chi connectivity index (χ0) is 21.3. The Morgan fingerprint density at radius 2 is 1.93 bits per heavy atom. The molecule has 0 fully saturated rings. The van der Waals surface area contributed by atoms with E-state index in [-0.39, 0.29) is 31.1 Å².